The van der Waals surface area contributed by atoms with Crippen LogP contribution < -0.4 is 0 Å². The summed E-state index contributed by atoms with van der Waals surface area (Å²) in [7, 11) is 4.08. The van der Waals surface area contributed by atoms with Gasteiger partial charge in [-0.1, -0.05) is 6.92 Å². The standard InChI is InChI=1S/C10H22N2OS/c1-4-11(2)7-5-6-8-12(3)9-10(13)14/h4-9H2,1-3H3,(H,13,14). The van der Waals surface area contributed by atoms with Crippen LogP contribution in [-0.4, -0.2) is 55.2 Å². The molecule has 0 aliphatic heterocycles. The third kappa shape index (κ3) is 8.53. The normalized spacial score (nSPS) is 11.3. The molecule has 84 valence electrons. The van der Waals surface area contributed by atoms with Crippen LogP contribution in [0, 0.1) is 0 Å². The van der Waals surface area contributed by atoms with Crippen LogP contribution in [0.5, 0.6) is 0 Å². The van der Waals surface area contributed by atoms with E-state index in [0.717, 1.165) is 26.1 Å². The lowest BCUT2D eigenvalue weighted by molar-refractivity contribution is -0.111. The van der Waals surface area contributed by atoms with E-state index < -0.39 is 0 Å². The van der Waals surface area contributed by atoms with Crippen molar-refractivity contribution in [2.75, 3.05) is 40.3 Å². The first-order valence-corrected chi connectivity index (χ1v) is 5.59. The van der Waals surface area contributed by atoms with Gasteiger partial charge in [0.15, 0.2) is 5.12 Å². The highest BCUT2D eigenvalue weighted by molar-refractivity contribution is 7.96. The summed E-state index contributed by atoms with van der Waals surface area (Å²) in [6.45, 7) is 5.83. The summed E-state index contributed by atoms with van der Waals surface area (Å²) in [5.74, 6) is 0. The van der Waals surface area contributed by atoms with Crippen molar-refractivity contribution < 1.29 is 4.79 Å². The van der Waals surface area contributed by atoms with Crippen LogP contribution in [0.25, 0.3) is 0 Å². The smallest absolute Gasteiger partial charge is 0.199 e. The summed E-state index contributed by atoms with van der Waals surface area (Å²) < 4.78 is 0. The summed E-state index contributed by atoms with van der Waals surface area (Å²) >= 11 is 3.74. The van der Waals surface area contributed by atoms with Gasteiger partial charge in [-0.25, -0.2) is 0 Å². The Hall–Kier alpha value is -0.0600. The molecule has 0 spiro atoms. The average Bonchev–Trinajstić information content (AvgIpc) is 2.10. The van der Waals surface area contributed by atoms with Crippen LogP contribution in [0.1, 0.15) is 19.8 Å². The quantitative estimate of drug-likeness (QED) is 0.488. The molecule has 14 heavy (non-hydrogen) atoms. The molecule has 0 aliphatic carbocycles. The van der Waals surface area contributed by atoms with Crippen molar-refractivity contribution >= 4 is 17.7 Å². The molecule has 0 heterocycles. The SMILES string of the molecule is CCN(C)CCCCN(C)CC(=O)S. The van der Waals surface area contributed by atoms with Crippen molar-refractivity contribution in [3.05, 3.63) is 0 Å². The number of thiol groups is 1. The van der Waals surface area contributed by atoms with E-state index in [-0.39, 0.29) is 5.12 Å². The number of unbranched alkanes of at least 4 members (excludes halogenated alkanes) is 1. The Morgan fingerprint density at radius 3 is 2.07 bits per heavy atom. The van der Waals surface area contributed by atoms with Crippen molar-refractivity contribution in [1.29, 1.82) is 0 Å². The van der Waals surface area contributed by atoms with Gasteiger partial charge in [0, 0.05) is 0 Å². The fourth-order valence-electron chi connectivity index (χ4n) is 1.23. The van der Waals surface area contributed by atoms with Gasteiger partial charge in [-0.05, 0) is 46.6 Å². The Labute approximate surface area is 92.9 Å². The Kier molecular flexibility index (Phi) is 8.23. The van der Waals surface area contributed by atoms with Gasteiger partial charge in [0.05, 0.1) is 6.54 Å². The monoisotopic (exact) mass is 218 g/mol. The van der Waals surface area contributed by atoms with Gasteiger partial charge in [-0.3, -0.25) is 9.69 Å². The minimum Gasteiger partial charge on any atom is -0.307 e. The number of carbonyl (C=O) groups is 1. The minimum absolute atomic E-state index is 0.0572. The molecule has 3 nitrogen and oxygen atoms in total. The largest absolute Gasteiger partial charge is 0.307 e. The van der Waals surface area contributed by atoms with Crippen molar-refractivity contribution in [3.8, 4) is 0 Å². The predicted molar refractivity (Wildman–Crippen MR) is 63.9 cm³/mol. The molecule has 0 bridgehead atoms. The molecule has 0 saturated carbocycles. The van der Waals surface area contributed by atoms with E-state index in [1.165, 1.54) is 6.42 Å². The summed E-state index contributed by atoms with van der Waals surface area (Å²) in [4.78, 5) is 15.0. The van der Waals surface area contributed by atoms with Gasteiger partial charge >= 0.3 is 0 Å². The average molecular weight is 218 g/mol. The zero-order chi connectivity index (χ0) is 11.0. The van der Waals surface area contributed by atoms with E-state index >= 15 is 0 Å². The Morgan fingerprint density at radius 1 is 1.14 bits per heavy atom. The van der Waals surface area contributed by atoms with E-state index in [4.69, 9.17) is 0 Å². The van der Waals surface area contributed by atoms with Gasteiger partial charge in [0.1, 0.15) is 0 Å². The van der Waals surface area contributed by atoms with Crippen LogP contribution in [0.3, 0.4) is 0 Å². The van der Waals surface area contributed by atoms with Crippen LogP contribution in [0.15, 0.2) is 0 Å². The maximum absolute atomic E-state index is 10.7. The third-order valence-electron chi connectivity index (χ3n) is 2.27. The van der Waals surface area contributed by atoms with E-state index in [1.54, 1.807) is 0 Å². The van der Waals surface area contributed by atoms with Gasteiger partial charge in [-0.15, -0.1) is 12.6 Å². The molecule has 0 atom stereocenters. The maximum atomic E-state index is 10.7. The highest BCUT2D eigenvalue weighted by Gasteiger charge is 2.02. The molecule has 0 aromatic rings. The Balaban J connectivity index is 3.31. The maximum Gasteiger partial charge on any atom is 0.199 e. The van der Waals surface area contributed by atoms with Crippen molar-refractivity contribution in [3.63, 3.8) is 0 Å². The number of rotatable bonds is 8. The van der Waals surface area contributed by atoms with E-state index in [2.05, 4.69) is 31.5 Å². The molecule has 0 aliphatic rings. The highest BCUT2D eigenvalue weighted by atomic mass is 32.1. The Bertz CT molecular complexity index is 164. The fourth-order valence-corrected chi connectivity index (χ4v) is 1.47. The van der Waals surface area contributed by atoms with E-state index in [1.807, 2.05) is 11.9 Å². The first-order valence-electron chi connectivity index (χ1n) is 5.15. The molecule has 0 saturated heterocycles. The number of hydrogen-bond donors (Lipinski definition) is 1. The number of carbonyl (C=O) groups excluding carboxylic acids is 1. The van der Waals surface area contributed by atoms with E-state index in [0.29, 0.717) is 6.54 Å². The topological polar surface area (TPSA) is 23.6 Å². The lowest BCUT2D eigenvalue weighted by Gasteiger charge is -2.16. The van der Waals surface area contributed by atoms with Crippen LogP contribution in [0.2, 0.25) is 0 Å². The number of likely N-dealkylation sites (N-methyl/N-ethyl adjacent to an activating group) is 1. The van der Waals surface area contributed by atoms with Crippen molar-refractivity contribution in [2.24, 2.45) is 0 Å². The van der Waals surface area contributed by atoms with Gasteiger partial charge in [0.25, 0.3) is 0 Å². The molecule has 0 rings (SSSR count). The molecule has 0 radical (unpaired) electrons. The first kappa shape index (κ1) is 13.9. The lowest BCUT2D eigenvalue weighted by Crippen LogP contribution is -2.26. The van der Waals surface area contributed by atoms with E-state index in [9.17, 15) is 4.79 Å². The predicted octanol–water partition coefficient (Wildman–Crippen LogP) is 1.11. The highest BCUT2D eigenvalue weighted by Crippen LogP contribution is 1.96. The molecule has 0 fully saturated rings. The summed E-state index contributed by atoms with van der Waals surface area (Å²) in [5, 5.41) is -0.0572. The zero-order valence-electron chi connectivity index (χ0n) is 9.49. The summed E-state index contributed by atoms with van der Waals surface area (Å²) in [5.41, 5.74) is 0. The number of hydrogen-bond acceptors (Lipinski definition) is 3. The fraction of sp³-hybridized carbons (Fsp3) is 0.900. The van der Waals surface area contributed by atoms with Crippen molar-refractivity contribution in [2.45, 2.75) is 19.8 Å². The third-order valence-corrected chi connectivity index (χ3v) is 2.42. The molecule has 4 heteroatoms. The second-order valence-electron chi connectivity index (χ2n) is 3.73. The lowest BCUT2D eigenvalue weighted by atomic mass is 10.3. The zero-order valence-corrected chi connectivity index (χ0v) is 10.4. The molecule has 0 aromatic heterocycles. The summed E-state index contributed by atoms with van der Waals surface area (Å²) in [6, 6.07) is 0. The van der Waals surface area contributed by atoms with Gasteiger partial charge < -0.3 is 4.90 Å². The minimum atomic E-state index is -0.0572. The second kappa shape index (κ2) is 8.26. The molecular formula is C10H22N2OS. The molecular weight excluding hydrogens is 196 g/mol. The van der Waals surface area contributed by atoms with Crippen LogP contribution >= 0.6 is 12.6 Å². The summed E-state index contributed by atoms with van der Waals surface area (Å²) in [6.07, 6.45) is 2.33. The van der Waals surface area contributed by atoms with Gasteiger partial charge in [0.2, 0.25) is 0 Å². The molecule has 0 N–H and O–H groups in total. The molecule has 0 amide bonds. The van der Waals surface area contributed by atoms with Gasteiger partial charge in [-0.2, -0.15) is 0 Å². The van der Waals surface area contributed by atoms with Crippen LogP contribution in [-0.2, 0) is 4.79 Å². The van der Waals surface area contributed by atoms with Crippen molar-refractivity contribution in [1.82, 2.24) is 9.80 Å². The Morgan fingerprint density at radius 2 is 1.64 bits per heavy atom. The van der Waals surface area contributed by atoms with Crippen LogP contribution in [0.4, 0.5) is 0 Å². The first-order chi connectivity index (χ1) is 6.56. The molecule has 0 unspecified atom stereocenters. The second-order valence-corrected chi connectivity index (χ2v) is 4.23. The number of nitrogens with zero attached hydrogens (tertiary/aromatic N) is 2. The molecule has 0 aromatic carbocycles.